The number of alkyl halides is 1. The lowest BCUT2D eigenvalue weighted by Crippen LogP contribution is -2.59. The smallest absolute Gasteiger partial charge is 0.113 e. The molecule has 2 aliphatic heterocycles. The number of hydrogen-bond donors (Lipinski definition) is 1. The zero-order valence-electron chi connectivity index (χ0n) is 6.72. The van der Waals surface area contributed by atoms with E-state index in [1.165, 1.54) is 0 Å². The summed E-state index contributed by atoms with van der Waals surface area (Å²) in [5.41, 5.74) is 0. The van der Waals surface area contributed by atoms with E-state index >= 15 is 0 Å². The van der Waals surface area contributed by atoms with E-state index < -0.39 is 6.17 Å². The standard InChI is InChI=1S/C8H15FN2/c9-7-2-1-3-11(6-7)8-4-10-5-8/h7-8,10H,1-6H2/t7-/m1/s1. The predicted octanol–water partition coefficient (Wildman–Crippen LogP) is 0.392. The topological polar surface area (TPSA) is 15.3 Å². The molecule has 0 aliphatic carbocycles. The maximum Gasteiger partial charge on any atom is 0.113 e. The highest BCUT2D eigenvalue weighted by atomic mass is 19.1. The molecule has 0 unspecified atom stereocenters. The van der Waals surface area contributed by atoms with Crippen LogP contribution in [0.25, 0.3) is 0 Å². The normalized spacial score (nSPS) is 35.2. The number of nitrogens with one attached hydrogen (secondary N) is 1. The molecule has 0 amide bonds. The number of piperidine rings is 1. The van der Waals surface area contributed by atoms with Crippen molar-refractivity contribution in [3.05, 3.63) is 0 Å². The van der Waals surface area contributed by atoms with Gasteiger partial charge in [0.15, 0.2) is 0 Å². The molecule has 11 heavy (non-hydrogen) atoms. The Balaban J connectivity index is 1.82. The van der Waals surface area contributed by atoms with E-state index in [4.69, 9.17) is 0 Å². The van der Waals surface area contributed by atoms with Gasteiger partial charge >= 0.3 is 0 Å². The van der Waals surface area contributed by atoms with E-state index in [9.17, 15) is 4.39 Å². The minimum Gasteiger partial charge on any atom is -0.314 e. The molecule has 2 rings (SSSR count). The minimum atomic E-state index is -0.565. The van der Waals surface area contributed by atoms with Crippen LogP contribution < -0.4 is 5.32 Å². The molecule has 0 saturated carbocycles. The van der Waals surface area contributed by atoms with E-state index in [0.717, 1.165) is 32.5 Å². The van der Waals surface area contributed by atoms with Crippen molar-refractivity contribution in [3.8, 4) is 0 Å². The fraction of sp³-hybridized carbons (Fsp3) is 1.00. The van der Waals surface area contributed by atoms with Gasteiger partial charge in [0.05, 0.1) is 0 Å². The lowest BCUT2D eigenvalue weighted by atomic mass is 10.0. The second-order valence-electron chi connectivity index (χ2n) is 3.55. The maximum absolute atomic E-state index is 12.9. The largest absolute Gasteiger partial charge is 0.314 e. The second kappa shape index (κ2) is 3.07. The number of halogens is 1. The lowest BCUT2D eigenvalue weighted by molar-refractivity contribution is 0.0737. The van der Waals surface area contributed by atoms with Crippen molar-refractivity contribution in [2.45, 2.75) is 25.1 Å². The molecule has 2 fully saturated rings. The molecule has 1 N–H and O–H groups in total. The average molecular weight is 158 g/mol. The first-order chi connectivity index (χ1) is 5.36. The Morgan fingerprint density at radius 3 is 2.73 bits per heavy atom. The fourth-order valence-corrected chi connectivity index (χ4v) is 1.82. The summed E-state index contributed by atoms with van der Waals surface area (Å²) in [7, 11) is 0. The molecule has 0 spiro atoms. The van der Waals surface area contributed by atoms with Crippen molar-refractivity contribution in [1.82, 2.24) is 10.2 Å². The first kappa shape index (κ1) is 7.50. The van der Waals surface area contributed by atoms with Gasteiger partial charge in [0.25, 0.3) is 0 Å². The zero-order chi connectivity index (χ0) is 7.68. The van der Waals surface area contributed by atoms with Gasteiger partial charge < -0.3 is 5.32 Å². The van der Waals surface area contributed by atoms with Gasteiger partial charge in [-0.25, -0.2) is 4.39 Å². The summed E-state index contributed by atoms with van der Waals surface area (Å²) in [6.07, 6.45) is 1.25. The molecule has 2 aliphatic rings. The van der Waals surface area contributed by atoms with Gasteiger partial charge in [-0.15, -0.1) is 0 Å². The summed E-state index contributed by atoms with van der Waals surface area (Å²) in [5, 5.41) is 3.21. The van der Waals surface area contributed by atoms with Crippen molar-refractivity contribution in [2.24, 2.45) is 0 Å². The van der Waals surface area contributed by atoms with Crippen LogP contribution in [-0.2, 0) is 0 Å². The Bertz CT molecular complexity index is 136. The van der Waals surface area contributed by atoms with Crippen molar-refractivity contribution in [1.29, 1.82) is 0 Å². The number of nitrogens with zero attached hydrogens (tertiary/aromatic N) is 1. The van der Waals surface area contributed by atoms with Crippen LogP contribution in [0.1, 0.15) is 12.8 Å². The first-order valence-electron chi connectivity index (χ1n) is 4.45. The van der Waals surface area contributed by atoms with Crippen LogP contribution in [0, 0.1) is 0 Å². The van der Waals surface area contributed by atoms with Crippen molar-refractivity contribution in [3.63, 3.8) is 0 Å². The molecule has 2 nitrogen and oxygen atoms in total. The lowest BCUT2D eigenvalue weighted by Gasteiger charge is -2.41. The molecule has 0 aromatic carbocycles. The minimum absolute atomic E-state index is 0.565. The van der Waals surface area contributed by atoms with Crippen LogP contribution in [0.15, 0.2) is 0 Å². The third kappa shape index (κ3) is 1.54. The number of rotatable bonds is 1. The molecule has 1 atom stereocenters. The predicted molar refractivity (Wildman–Crippen MR) is 42.4 cm³/mol. The Morgan fingerprint density at radius 1 is 1.36 bits per heavy atom. The Morgan fingerprint density at radius 2 is 2.18 bits per heavy atom. The summed E-state index contributed by atoms with van der Waals surface area (Å²) in [6, 6.07) is 0.633. The van der Waals surface area contributed by atoms with Crippen LogP contribution in [0.4, 0.5) is 4.39 Å². The van der Waals surface area contributed by atoms with Gasteiger partial charge in [-0.05, 0) is 19.4 Å². The Hall–Kier alpha value is -0.150. The summed E-state index contributed by atoms with van der Waals surface area (Å²) in [5.74, 6) is 0. The van der Waals surface area contributed by atoms with Crippen molar-refractivity contribution < 1.29 is 4.39 Å². The Kier molecular flexibility index (Phi) is 2.09. The highest BCUT2D eigenvalue weighted by Crippen LogP contribution is 2.16. The summed E-state index contributed by atoms with van der Waals surface area (Å²) < 4.78 is 12.9. The summed E-state index contributed by atoms with van der Waals surface area (Å²) in [4.78, 5) is 2.28. The third-order valence-corrected chi connectivity index (χ3v) is 2.67. The van der Waals surface area contributed by atoms with E-state index in [0.29, 0.717) is 12.6 Å². The van der Waals surface area contributed by atoms with Crippen LogP contribution in [-0.4, -0.2) is 43.3 Å². The van der Waals surface area contributed by atoms with E-state index in [-0.39, 0.29) is 0 Å². The van der Waals surface area contributed by atoms with Crippen molar-refractivity contribution in [2.75, 3.05) is 26.2 Å². The molecule has 64 valence electrons. The quantitative estimate of drug-likeness (QED) is 0.594. The van der Waals surface area contributed by atoms with E-state index in [1.807, 2.05) is 0 Å². The van der Waals surface area contributed by atoms with E-state index in [1.54, 1.807) is 0 Å². The molecule has 0 aromatic heterocycles. The fourth-order valence-electron chi connectivity index (χ4n) is 1.82. The molecule has 3 heteroatoms. The maximum atomic E-state index is 12.9. The highest BCUT2D eigenvalue weighted by Gasteiger charge is 2.28. The second-order valence-corrected chi connectivity index (χ2v) is 3.55. The van der Waals surface area contributed by atoms with Gasteiger partial charge in [-0.3, -0.25) is 4.90 Å². The van der Waals surface area contributed by atoms with Gasteiger partial charge in [-0.2, -0.15) is 0 Å². The summed E-state index contributed by atoms with van der Waals surface area (Å²) >= 11 is 0. The summed E-state index contributed by atoms with van der Waals surface area (Å²) in [6.45, 7) is 3.90. The van der Waals surface area contributed by atoms with E-state index in [2.05, 4.69) is 10.2 Å². The van der Waals surface area contributed by atoms with Gasteiger partial charge in [0.1, 0.15) is 6.17 Å². The molecule has 0 bridgehead atoms. The molecule has 0 radical (unpaired) electrons. The third-order valence-electron chi connectivity index (χ3n) is 2.67. The molecule has 0 aromatic rings. The molecule has 2 heterocycles. The first-order valence-corrected chi connectivity index (χ1v) is 4.45. The van der Waals surface area contributed by atoms with Crippen LogP contribution >= 0.6 is 0 Å². The molecular weight excluding hydrogens is 143 g/mol. The number of hydrogen-bond acceptors (Lipinski definition) is 2. The molecule has 2 saturated heterocycles. The SMILES string of the molecule is F[C@@H]1CCCN(C2CNC2)C1. The van der Waals surface area contributed by atoms with Gasteiger partial charge in [0.2, 0.25) is 0 Å². The zero-order valence-corrected chi connectivity index (χ0v) is 6.72. The van der Waals surface area contributed by atoms with Gasteiger partial charge in [0, 0.05) is 25.7 Å². The molecular formula is C8H15FN2. The van der Waals surface area contributed by atoms with Gasteiger partial charge in [-0.1, -0.05) is 0 Å². The van der Waals surface area contributed by atoms with Crippen LogP contribution in [0.3, 0.4) is 0 Å². The van der Waals surface area contributed by atoms with Crippen LogP contribution in [0.5, 0.6) is 0 Å². The number of likely N-dealkylation sites (tertiary alicyclic amines) is 1. The highest BCUT2D eigenvalue weighted by molar-refractivity contribution is 4.87. The average Bonchev–Trinajstić information content (AvgIpc) is 1.83. The van der Waals surface area contributed by atoms with Crippen molar-refractivity contribution >= 4 is 0 Å². The monoisotopic (exact) mass is 158 g/mol. The Labute approximate surface area is 66.8 Å². The van der Waals surface area contributed by atoms with Crippen LogP contribution in [0.2, 0.25) is 0 Å².